The number of piperidine rings is 1. The Morgan fingerprint density at radius 1 is 1.32 bits per heavy atom. The van der Waals surface area contributed by atoms with Gasteiger partial charge in [0.15, 0.2) is 5.76 Å². The van der Waals surface area contributed by atoms with Crippen LogP contribution in [-0.2, 0) is 4.79 Å². The average molecular weight is 409 g/mol. The fourth-order valence-electron chi connectivity index (χ4n) is 3.43. The number of rotatable bonds is 5. The second kappa shape index (κ2) is 8.75. The number of nitrogens with one attached hydrogen (secondary N) is 1. The summed E-state index contributed by atoms with van der Waals surface area (Å²) in [4.78, 5) is 26.9. The summed E-state index contributed by atoms with van der Waals surface area (Å²) in [6.07, 6.45) is 2.18. The van der Waals surface area contributed by atoms with Crippen molar-refractivity contribution in [3.63, 3.8) is 0 Å². The highest BCUT2D eigenvalue weighted by atomic mass is 35.5. The highest BCUT2D eigenvalue weighted by Crippen LogP contribution is 2.28. The largest absolute Gasteiger partial charge is 0.459 e. The van der Waals surface area contributed by atoms with Crippen LogP contribution in [0.2, 0.25) is 5.02 Å². The summed E-state index contributed by atoms with van der Waals surface area (Å²) >= 11 is 6.00. The Hall–Kier alpha value is -2.38. The Bertz CT molecular complexity index is 822. The molecule has 0 spiro atoms. The highest BCUT2D eigenvalue weighted by molar-refractivity contribution is 6.31. The molecule has 1 aliphatic rings. The third-order valence-electron chi connectivity index (χ3n) is 4.94. The SMILES string of the molecule is C[C@H](NC(=O)[C@H]1CCCCN1C(=O)c1ccco1)[C@@H](O)c1c(F)cccc1Cl. The summed E-state index contributed by atoms with van der Waals surface area (Å²) in [5, 5.41) is 13.3. The van der Waals surface area contributed by atoms with Gasteiger partial charge in [-0.1, -0.05) is 17.7 Å². The molecule has 0 radical (unpaired) electrons. The smallest absolute Gasteiger partial charge is 0.290 e. The molecule has 1 aliphatic heterocycles. The van der Waals surface area contributed by atoms with E-state index in [4.69, 9.17) is 16.0 Å². The van der Waals surface area contributed by atoms with E-state index in [2.05, 4.69) is 5.32 Å². The van der Waals surface area contributed by atoms with Gasteiger partial charge in [-0.2, -0.15) is 0 Å². The lowest BCUT2D eigenvalue weighted by atomic mass is 9.99. The van der Waals surface area contributed by atoms with Crippen LogP contribution >= 0.6 is 11.6 Å². The molecular formula is C20H22ClFN2O4. The van der Waals surface area contributed by atoms with Gasteiger partial charge in [0.25, 0.3) is 5.91 Å². The van der Waals surface area contributed by atoms with Gasteiger partial charge in [-0.3, -0.25) is 9.59 Å². The molecule has 2 aromatic rings. The zero-order valence-electron chi connectivity index (χ0n) is 15.4. The van der Waals surface area contributed by atoms with Gasteiger partial charge in [-0.05, 0) is 50.5 Å². The molecule has 2 N–H and O–H groups in total. The van der Waals surface area contributed by atoms with Gasteiger partial charge in [0.2, 0.25) is 5.91 Å². The molecular weight excluding hydrogens is 387 g/mol. The summed E-state index contributed by atoms with van der Waals surface area (Å²) in [6, 6.07) is 5.80. The molecule has 3 rings (SSSR count). The Labute approximate surface area is 167 Å². The van der Waals surface area contributed by atoms with Crippen molar-refractivity contribution in [3.05, 3.63) is 58.8 Å². The van der Waals surface area contributed by atoms with E-state index in [0.717, 1.165) is 12.8 Å². The minimum absolute atomic E-state index is 0.0656. The van der Waals surface area contributed by atoms with Gasteiger partial charge in [-0.15, -0.1) is 0 Å². The molecule has 1 fully saturated rings. The van der Waals surface area contributed by atoms with E-state index in [9.17, 15) is 19.1 Å². The number of amides is 2. The van der Waals surface area contributed by atoms with E-state index in [1.165, 1.54) is 29.4 Å². The molecule has 2 heterocycles. The molecule has 0 saturated carbocycles. The number of hydrogen-bond donors (Lipinski definition) is 2. The van der Waals surface area contributed by atoms with Crippen LogP contribution in [0.5, 0.6) is 0 Å². The van der Waals surface area contributed by atoms with Crippen molar-refractivity contribution in [2.45, 2.75) is 44.4 Å². The standard InChI is InChI=1S/C20H22ClFN2O4/c1-12(18(25)17-13(21)6-4-7-14(17)22)23-19(26)15-8-2-3-10-24(15)20(27)16-9-5-11-28-16/h4-7,9,11-12,15,18,25H,2-3,8,10H2,1H3,(H,23,26)/t12-,15+,18+/m0/s1. The number of carbonyl (C=O) groups excluding carboxylic acids is 2. The van der Waals surface area contributed by atoms with E-state index in [-0.39, 0.29) is 22.3 Å². The Morgan fingerprint density at radius 2 is 2.11 bits per heavy atom. The van der Waals surface area contributed by atoms with Gasteiger partial charge < -0.3 is 19.7 Å². The van der Waals surface area contributed by atoms with Gasteiger partial charge in [0, 0.05) is 17.1 Å². The summed E-state index contributed by atoms with van der Waals surface area (Å²) in [6.45, 7) is 2.00. The van der Waals surface area contributed by atoms with Crippen LogP contribution in [0, 0.1) is 5.82 Å². The minimum atomic E-state index is -1.32. The second-order valence-electron chi connectivity index (χ2n) is 6.86. The zero-order chi connectivity index (χ0) is 20.3. The molecule has 6 nitrogen and oxygen atoms in total. The minimum Gasteiger partial charge on any atom is -0.459 e. The molecule has 28 heavy (non-hydrogen) atoms. The molecule has 1 aromatic heterocycles. The van der Waals surface area contributed by atoms with E-state index in [1.807, 2.05) is 0 Å². The molecule has 0 bridgehead atoms. The molecule has 8 heteroatoms. The van der Waals surface area contributed by atoms with E-state index < -0.39 is 29.9 Å². The van der Waals surface area contributed by atoms with Crippen LogP contribution in [0.15, 0.2) is 41.0 Å². The van der Waals surface area contributed by atoms with E-state index in [0.29, 0.717) is 13.0 Å². The number of hydrogen-bond acceptors (Lipinski definition) is 4. The Morgan fingerprint density at radius 3 is 2.79 bits per heavy atom. The number of benzene rings is 1. The number of furan rings is 1. The number of halogens is 2. The van der Waals surface area contributed by atoms with Crippen LogP contribution < -0.4 is 5.32 Å². The molecule has 150 valence electrons. The lowest BCUT2D eigenvalue weighted by Crippen LogP contribution is -2.54. The van der Waals surface area contributed by atoms with Gasteiger partial charge in [-0.25, -0.2) is 4.39 Å². The van der Waals surface area contributed by atoms with Crippen molar-refractivity contribution in [3.8, 4) is 0 Å². The van der Waals surface area contributed by atoms with Crippen molar-refractivity contribution in [2.75, 3.05) is 6.54 Å². The van der Waals surface area contributed by atoms with Crippen molar-refractivity contribution in [1.29, 1.82) is 0 Å². The van der Waals surface area contributed by atoms with Crippen LogP contribution in [0.1, 0.15) is 48.4 Å². The monoisotopic (exact) mass is 408 g/mol. The highest BCUT2D eigenvalue weighted by Gasteiger charge is 2.35. The lowest BCUT2D eigenvalue weighted by Gasteiger charge is -2.35. The normalized spacial score (nSPS) is 19.1. The first-order valence-electron chi connectivity index (χ1n) is 9.17. The Balaban J connectivity index is 1.72. The zero-order valence-corrected chi connectivity index (χ0v) is 16.2. The quantitative estimate of drug-likeness (QED) is 0.795. The van der Waals surface area contributed by atoms with Crippen LogP contribution in [0.4, 0.5) is 4.39 Å². The first kappa shape index (κ1) is 20.4. The number of aliphatic hydroxyl groups excluding tert-OH is 1. The number of aliphatic hydroxyl groups is 1. The number of carbonyl (C=O) groups is 2. The van der Waals surface area contributed by atoms with Crippen molar-refractivity contribution in [2.24, 2.45) is 0 Å². The molecule has 1 saturated heterocycles. The summed E-state index contributed by atoms with van der Waals surface area (Å²) in [7, 11) is 0. The molecule has 0 aliphatic carbocycles. The molecule has 2 amide bonds. The maximum atomic E-state index is 14.1. The lowest BCUT2D eigenvalue weighted by molar-refractivity contribution is -0.128. The first-order valence-corrected chi connectivity index (χ1v) is 9.54. The summed E-state index contributed by atoms with van der Waals surface area (Å²) in [5.74, 6) is -1.23. The molecule has 1 aromatic carbocycles. The molecule has 0 unspecified atom stereocenters. The van der Waals surface area contributed by atoms with Crippen molar-refractivity contribution >= 4 is 23.4 Å². The van der Waals surface area contributed by atoms with Crippen LogP contribution in [0.3, 0.4) is 0 Å². The summed E-state index contributed by atoms with van der Waals surface area (Å²) < 4.78 is 19.2. The Kier molecular flexibility index (Phi) is 6.36. The summed E-state index contributed by atoms with van der Waals surface area (Å²) in [5.41, 5.74) is -0.0656. The van der Waals surface area contributed by atoms with Crippen molar-refractivity contribution < 1.29 is 23.5 Å². The van der Waals surface area contributed by atoms with Gasteiger partial charge in [0.05, 0.1) is 12.3 Å². The topological polar surface area (TPSA) is 82.8 Å². The van der Waals surface area contributed by atoms with Gasteiger partial charge >= 0.3 is 0 Å². The number of nitrogens with zero attached hydrogens (tertiary/aromatic N) is 1. The van der Waals surface area contributed by atoms with E-state index >= 15 is 0 Å². The van der Waals surface area contributed by atoms with Crippen LogP contribution in [-0.4, -0.2) is 40.4 Å². The van der Waals surface area contributed by atoms with Crippen molar-refractivity contribution in [1.82, 2.24) is 10.2 Å². The third-order valence-corrected chi connectivity index (χ3v) is 5.27. The number of likely N-dealkylation sites (tertiary alicyclic amines) is 1. The fourth-order valence-corrected chi connectivity index (χ4v) is 3.71. The second-order valence-corrected chi connectivity index (χ2v) is 7.27. The van der Waals surface area contributed by atoms with Crippen LogP contribution in [0.25, 0.3) is 0 Å². The third kappa shape index (κ3) is 4.20. The predicted octanol–water partition coefficient (Wildman–Crippen LogP) is 3.31. The average Bonchev–Trinajstić information content (AvgIpc) is 3.22. The van der Waals surface area contributed by atoms with E-state index in [1.54, 1.807) is 19.1 Å². The maximum absolute atomic E-state index is 14.1. The van der Waals surface area contributed by atoms with Gasteiger partial charge in [0.1, 0.15) is 18.0 Å². The fraction of sp³-hybridized carbons (Fsp3) is 0.400. The first-order chi connectivity index (χ1) is 13.4. The maximum Gasteiger partial charge on any atom is 0.290 e. The predicted molar refractivity (Wildman–Crippen MR) is 101 cm³/mol. The molecule has 3 atom stereocenters.